The first-order valence-corrected chi connectivity index (χ1v) is 5.71. The number of aryl methyl sites for hydroxylation is 1. The third-order valence-corrected chi connectivity index (χ3v) is 2.37. The van der Waals surface area contributed by atoms with E-state index >= 15 is 0 Å². The van der Waals surface area contributed by atoms with Crippen LogP contribution in [-0.4, -0.2) is 12.5 Å². The van der Waals surface area contributed by atoms with Crippen LogP contribution in [0.3, 0.4) is 0 Å². The largest absolute Gasteiger partial charge is 0.325 e. The number of aliphatic imine (C=N–C) groups is 1. The van der Waals surface area contributed by atoms with Crippen LogP contribution in [0.25, 0.3) is 0 Å². The number of hydrogen-bond acceptors (Lipinski definition) is 2. The number of rotatable bonds is 4. The second-order valence-corrected chi connectivity index (χ2v) is 3.81. The van der Waals surface area contributed by atoms with Crippen LogP contribution in [0, 0.1) is 12.7 Å². The number of nitrogens with one attached hydrogen (secondary N) is 2. The average Bonchev–Trinajstić information content (AvgIpc) is 2.32. The van der Waals surface area contributed by atoms with Crippen LogP contribution in [-0.2, 0) is 0 Å². The summed E-state index contributed by atoms with van der Waals surface area (Å²) >= 11 is 0. The zero-order chi connectivity index (χ0) is 12.7. The normalized spacial score (nSPS) is 11.4. The highest BCUT2D eigenvalue weighted by Gasteiger charge is 2.02. The molecule has 4 nitrogen and oxygen atoms in total. The lowest BCUT2D eigenvalue weighted by atomic mass is 10.2. The molecule has 17 heavy (non-hydrogen) atoms. The Morgan fingerprint density at radius 1 is 1.47 bits per heavy atom. The maximum absolute atomic E-state index is 13.1. The van der Waals surface area contributed by atoms with Crippen LogP contribution >= 0.6 is 0 Å². The van der Waals surface area contributed by atoms with Crippen LogP contribution in [0.4, 0.5) is 10.1 Å². The summed E-state index contributed by atoms with van der Waals surface area (Å²) in [5.41, 5.74) is 4.07. The van der Waals surface area contributed by atoms with Gasteiger partial charge in [0.05, 0.1) is 0 Å². The standard InChI is InChI=1S/C12H19FN4/c1-3-4-7-15-12(17-14)16-11-8-10(13)6-5-9(11)2/h5-6,8H,3-4,7,14H2,1-2H3,(H2,15,16,17). The SMILES string of the molecule is CCCCN=C(NN)Nc1cc(F)ccc1C. The second-order valence-electron chi connectivity index (χ2n) is 3.81. The van der Waals surface area contributed by atoms with Crippen molar-refractivity contribution in [1.82, 2.24) is 5.43 Å². The van der Waals surface area contributed by atoms with E-state index in [1.807, 2.05) is 6.92 Å². The smallest absolute Gasteiger partial charge is 0.210 e. The molecule has 0 heterocycles. The monoisotopic (exact) mass is 238 g/mol. The van der Waals surface area contributed by atoms with Gasteiger partial charge < -0.3 is 5.32 Å². The fraction of sp³-hybridized carbons (Fsp3) is 0.417. The Morgan fingerprint density at radius 2 is 2.24 bits per heavy atom. The van der Waals surface area contributed by atoms with Gasteiger partial charge in [0, 0.05) is 12.2 Å². The number of halogens is 1. The molecule has 0 saturated heterocycles. The molecule has 0 amide bonds. The van der Waals surface area contributed by atoms with Crippen molar-refractivity contribution in [3.8, 4) is 0 Å². The van der Waals surface area contributed by atoms with Gasteiger partial charge in [-0.3, -0.25) is 10.4 Å². The van der Waals surface area contributed by atoms with Gasteiger partial charge in [0.15, 0.2) is 0 Å². The first-order chi connectivity index (χ1) is 8.17. The summed E-state index contributed by atoms with van der Waals surface area (Å²) in [5.74, 6) is 5.52. The van der Waals surface area contributed by atoms with Crippen molar-refractivity contribution in [3.05, 3.63) is 29.6 Å². The molecule has 1 aromatic carbocycles. The number of guanidine groups is 1. The van der Waals surface area contributed by atoms with E-state index in [1.54, 1.807) is 6.07 Å². The van der Waals surface area contributed by atoms with Crippen molar-refractivity contribution in [2.24, 2.45) is 10.8 Å². The summed E-state index contributed by atoms with van der Waals surface area (Å²) in [7, 11) is 0. The predicted molar refractivity (Wildman–Crippen MR) is 69.3 cm³/mol. The number of benzene rings is 1. The fourth-order valence-electron chi connectivity index (χ4n) is 1.33. The van der Waals surface area contributed by atoms with E-state index in [1.165, 1.54) is 12.1 Å². The summed E-state index contributed by atoms with van der Waals surface area (Å²) in [6, 6.07) is 4.55. The van der Waals surface area contributed by atoms with Gasteiger partial charge >= 0.3 is 0 Å². The lowest BCUT2D eigenvalue weighted by Crippen LogP contribution is -2.36. The molecule has 94 valence electrons. The molecule has 1 aromatic rings. The minimum Gasteiger partial charge on any atom is -0.325 e. The van der Waals surface area contributed by atoms with Gasteiger partial charge in [-0.05, 0) is 31.0 Å². The Kier molecular flexibility index (Phi) is 5.42. The van der Waals surface area contributed by atoms with Gasteiger partial charge in [-0.1, -0.05) is 19.4 Å². The third kappa shape index (κ3) is 4.40. The van der Waals surface area contributed by atoms with Gasteiger partial charge in [0.25, 0.3) is 0 Å². The molecule has 0 radical (unpaired) electrons. The maximum atomic E-state index is 13.1. The predicted octanol–water partition coefficient (Wildman–Crippen LogP) is 2.17. The summed E-state index contributed by atoms with van der Waals surface area (Å²) in [6.07, 6.45) is 2.06. The van der Waals surface area contributed by atoms with Crippen molar-refractivity contribution >= 4 is 11.6 Å². The number of hydrazine groups is 1. The molecule has 4 N–H and O–H groups in total. The second kappa shape index (κ2) is 6.85. The molecule has 0 unspecified atom stereocenters. The molecule has 1 rings (SSSR count). The topological polar surface area (TPSA) is 62.4 Å². The summed E-state index contributed by atoms with van der Waals surface area (Å²) in [6.45, 7) is 4.68. The van der Waals surface area contributed by atoms with E-state index in [0.717, 1.165) is 18.4 Å². The van der Waals surface area contributed by atoms with E-state index in [0.29, 0.717) is 18.2 Å². The molecule has 0 spiro atoms. The summed E-state index contributed by atoms with van der Waals surface area (Å²) in [5, 5.41) is 2.97. The highest BCUT2D eigenvalue weighted by atomic mass is 19.1. The minimum absolute atomic E-state index is 0.289. The van der Waals surface area contributed by atoms with E-state index in [-0.39, 0.29) is 5.82 Å². The molecule has 5 heteroatoms. The summed E-state index contributed by atoms with van der Waals surface area (Å²) in [4.78, 5) is 4.24. The molecule has 0 atom stereocenters. The molecule has 0 aliphatic heterocycles. The third-order valence-electron chi connectivity index (χ3n) is 2.37. The van der Waals surface area contributed by atoms with Gasteiger partial charge in [0.1, 0.15) is 5.82 Å². The van der Waals surface area contributed by atoms with E-state index < -0.39 is 0 Å². The first kappa shape index (κ1) is 13.4. The number of nitrogens with two attached hydrogens (primary N) is 1. The average molecular weight is 238 g/mol. The van der Waals surface area contributed by atoms with E-state index in [9.17, 15) is 4.39 Å². The van der Waals surface area contributed by atoms with Gasteiger partial charge in [-0.25, -0.2) is 10.2 Å². The number of hydrogen-bond donors (Lipinski definition) is 3. The van der Waals surface area contributed by atoms with E-state index in [2.05, 4.69) is 22.7 Å². The minimum atomic E-state index is -0.289. The molecule has 0 aromatic heterocycles. The molecule has 0 saturated carbocycles. The molecule has 0 bridgehead atoms. The Labute approximate surface area is 101 Å². The molecule has 0 aliphatic carbocycles. The molecular weight excluding hydrogens is 219 g/mol. The number of unbranched alkanes of at least 4 members (excludes halogenated alkanes) is 1. The quantitative estimate of drug-likeness (QED) is 0.248. The van der Waals surface area contributed by atoms with E-state index in [4.69, 9.17) is 5.84 Å². The zero-order valence-electron chi connectivity index (χ0n) is 10.3. The highest BCUT2D eigenvalue weighted by molar-refractivity contribution is 5.93. The van der Waals surface area contributed by atoms with Gasteiger partial charge in [-0.2, -0.15) is 0 Å². The Bertz CT molecular complexity index is 390. The zero-order valence-corrected chi connectivity index (χ0v) is 10.3. The van der Waals surface area contributed by atoms with Crippen molar-refractivity contribution in [2.75, 3.05) is 11.9 Å². The Hall–Kier alpha value is -1.62. The maximum Gasteiger partial charge on any atom is 0.210 e. The number of nitrogens with zero attached hydrogens (tertiary/aromatic N) is 1. The number of anilines is 1. The fourth-order valence-corrected chi connectivity index (χ4v) is 1.33. The van der Waals surface area contributed by atoms with Crippen LogP contribution in [0.15, 0.2) is 23.2 Å². The van der Waals surface area contributed by atoms with Crippen LogP contribution in [0.5, 0.6) is 0 Å². The Morgan fingerprint density at radius 3 is 2.88 bits per heavy atom. The van der Waals surface area contributed by atoms with Crippen LogP contribution in [0.2, 0.25) is 0 Å². The molecule has 0 fully saturated rings. The van der Waals surface area contributed by atoms with Gasteiger partial charge in [-0.15, -0.1) is 0 Å². The summed E-state index contributed by atoms with van der Waals surface area (Å²) < 4.78 is 13.1. The van der Waals surface area contributed by atoms with Crippen LogP contribution in [0.1, 0.15) is 25.3 Å². The van der Waals surface area contributed by atoms with Crippen molar-refractivity contribution in [3.63, 3.8) is 0 Å². The molecule has 0 aliphatic rings. The van der Waals surface area contributed by atoms with Gasteiger partial charge in [0.2, 0.25) is 5.96 Å². The van der Waals surface area contributed by atoms with Crippen molar-refractivity contribution in [1.29, 1.82) is 0 Å². The Balaban J connectivity index is 2.73. The lowest BCUT2D eigenvalue weighted by Gasteiger charge is -2.11. The first-order valence-electron chi connectivity index (χ1n) is 5.71. The molecular formula is C12H19FN4. The van der Waals surface area contributed by atoms with Crippen molar-refractivity contribution in [2.45, 2.75) is 26.7 Å². The highest BCUT2D eigenvalue weighted by Crippen LogP contribution is 2.15. The lowest BCUT2D eigenvalue weighted by molar-refractivity contribution is 0.628. The van der Waals surface area contributed by atoms with Crippen LogP contribution < -0.4 is 16.6 Å². The van der Waals surface area contributed by atoms with Crippen molar-refractivity contribution < 1.29 is 4.39 Å².